The molecule has 0 radical (unpaired) electrons. The van der Waals surface area contributed by atoms with E-state index >= 15 is 0 Å². The Hall–Kier alpha value is -0.0800. The third-order valence-corrected chi connectivity index (χ3v) is 1.94. The summed E-state index contributed by atoms with van der Waals surface area (Å²) in [6.07, 6.45) is 4.90. The molecule has 0 aliphatic heterocycles. The molecule has 0 aromatic heterocycles. The third-order valence-electron chi connectivity index (χ3n) is 1.94. The molecule has 13 heavy (non-hydrogen) atoms. The smallest absolute Gasteiger partial charge is 0.00643 e. The lowest BCUT2D eigenvalue weighted by atomic mass is 10.1. The van der Waals surface area contributed by atoms with E-state index in [-0.39, 0.29) is 0 Å². The second kappa shape index (κ2) is 14.4. The van der Waals surface area contributed by atoms with Crippen LogP contribution >= 0.6 is 0 Å². The lowest BCUT2D eigenvalue weighted by Gasteiger charge is -2.15. The quantitative estimate of drug-likeness (QED) is 0.603. The number of rotatable bonds is 7. The molecule has 0 aromatic rings. The monoisotopic (exact) mass is 188 g/mol. The average molecular weight is 188 g/mol. The summed E-state index contributed by atoms with van der Waals surface area (Å²) in [7, 11) is 0. The summed E-state index contributed by atoms with van der Waals surface area (Å²) in [4.78, 5) is 0. The summed E-state index contributed by atoms with van der Waals surface area (Å²) in [6.45, 7) is 10.3. The van der Waals surface area contributed by atoms with E-state index in [1.807, 2.05) is 13.8 Å². The van der Waals surface area contributed by atoms with Crippen LogP contribution in [0.25, 0.3) is 0 Å². The fourth-order valence-electron chi connectivity index (χ4n) is 1.21. The van der Waals surface area contributed by atoms with Gasteiger partial charge >= 0.3 is 0 Å². The molecule has 0 fully saturated rings. The summed E-state index contributed by atoms with van der Waals surface area (Å²) in [6, 6.07) is 0.714. The topological polar surface area (TPSA) is 38.0 Å². The molecular weight excluding hydrogens is 160 g/mol. The fraction of sp³-hybridized carbons (Fsp3) is 1.00. The maximum absolute atomic E-state index is 5.39. The van der Waals surface area contributed by atoms with E-state index in [4.69, 9.17) is 5.73 Å². The molecule has 0 bridgehead atoms. The normalized spacial score (nSPS) is 11.8. The van der Waals surface area contributed by atoms with Crippen molar-refractivity contribution in [3.05, 3.63) is 0 Å². The van der Waals surface area contributed by atoms with E-state index in [1.54, 1.807) is 0 Å². The van der Waals surface area contributed by atoms with Crippen LogP contribution in [0.3, 0.4) is 0 Å². The Morgan fingerprint density at radius 1 is 1.23 bits per heavy atom. The molecule has 3 N–H and O–H groups in total. The molecule has 2 nitrogen and oxygen atoms in total. The van der Waals surface area contributed by atoms with Crippen LogP contribution in [-0.2, 0) is 0 Å². The van der Waals surface area contributed by atoms with Crippen molar-refractivity contribution in [3.8, 4) is 0 Å². The SMILES string of the molecule is CC.CCCC(CC)NCCCN. The molecule has 82 valence electrons. The number of hydrogen-bond acceptors (Lipinski definition) is 2. The average Bonchev–Trinajstić information content (AvgIpc) is 2.20. The predicted molar refractivity (Wildman–Crippen MR) is 62.0 cm³/mol. The van der Waals surface area contributed by atoms with Crippen molar-refractivity contribution in [1.82, 2.24) is 5.32 Å². The van der Waals surface area contributed by atoms with Gasteiger partial charge in [0.2, 0.25) is 0 Å². The molecular formula is C11H28N2. The van der Waals surface area contributed by atoms with Crippen LogP contribution in [0, 0.1) is 0 Å². The van der Waals surface area contributed by atoms with Gasteiger partial charge in [-0.25, -0.2) is 0 Å². The molecule has 0 heterocycles. The van der Waals surface area contributed by atoms with Crippen molar-refractivity contribution in [1.29, 1.82) is 0 Å². The van der Waals surface area contributed by atoms with Crippen LogP contribution in [0.2, 0.25) is 0 Å². The summed E-state index contributed by atoms with van der Waals surface area (Å²) in [5, 5.41) is 3.49. The van der Waals surface area contributed by atoms with Gasteiger partial charge < -0.3 is 11.1 Å². The van der Waals surface area contributed by atoms with E-state index in [2.05, 4.69) is 19.2 Å². The van der Waals surface area contributed by atoms with Crippen LogP contribution in [0.4, 0.5) is 0 Å². The van der Waals surface area contributed by atoms with Crippen LogP contribution in [0.15, 0.2) is 0 Å². The molecule has 1 atom stereocenters. The zero-order valence-electron chi connectivity index (χ0n) is 9.90. The minimum Gasteiger partial charge on any atom is -0.330 e. The van der Waals surface area contributed by atoms with Crippen molar-refractivity contribution >= 4 is 0 Å². The zero-order chi connectivity index (χ0) is 10.5. The second-order valence-electron chi connectivity index (χ2n) is 2.99. The summed E-state index contributed by atoms with van der Waals surface area (Å²) in [5.41, 5.74) is 5.39. The lowest BCUT2D eigenvalue weighted by molar-refractivity contribution is 0.460. The molecule has 0 aromatic carbocycles. The minimum absolute atomic E-state index is 0.714. The minimum atomic E-state index is 0.714. The Labute approximate surface area is 84.3 Å². The van der Waals surface area contributed by atoms with E-state index in [0.29, 0.717) is 6.04 Å². The molecule has 2 heteroatoms. The van der Waals surface area contributed by atoms with Gasteiger partial charge in [-0.05, 0) is 32.4 Å². The van der Waals surface area contributed by atoms with Gasteiger partial charge in [-0.1, -0.05) is 34.1 Å². The first-order valence-electron chi connectivity index (χ1n) is 5.78. The number of nitrogens with two attached hydrogens (primary N) is 1. The Morgan fingerprint density at radius 3 is 2.23 bits per heavy atom. The van der Waals surface area contributed by atoms with Gasteiger partial charge in [-0.2, -0.15) is 0 Å². The highest BCUT2D eigenvalue weighted by atomic mass is 14.9. The Balaban J connectivity index is 0. The first-order chi connectivity index (χ1) is 6.35. The summed E-state index contributed by atoms with van der Waals surface area (Å²) in [5.74, 6) is 0. The van der Waals surface area contributed by atoms with E-state index in [0.717, 1.165) is 19.5 Å². The molecule has 0 rings (SSSR count). The highest BCUT2D eigenvalue weighted by molar-refractivity contribution is 4.63. The van der Waals surface area contributed by atoms with Crippen molar-refractivity contribution in [2.45, 2.75) is 59.4 Å². The fourth-order valence-corrected chi connectivity index (χ4v) is 1.21. The van der Waals surface area contributed by atoms with Crippen molar-refractivity contribution < 1.29 is 0 Å². The van der Waals surface area contributed by atoms with Crippen molar-refractivity contribution in [2.24, 2.45) is 5.73 Å². The second-order valence-corrected chi connectivity index (χ2v) is 2.99. The lowest BCUT2D eigenvalue weighted by Crippen LogP contribution is -2.30. The van der Waals surface area contributed by atoms with Gasteiger partial charge in [0.05, 0.1) is 0 Å². The van der Waals surface area contributed by atoms with Gasteiger partial charge in [0, 0.05) is 6.04 Å². The van der Waals surface area contributed by atoms with Gasteiger partial charge in [0.15, 0.2) is 0 Å². The first kappa shape index (κ1) is 15.4. The molecule has 0 amide bonds. The molecule has 0 saturated carbocycles. The van der Waals surface area contributed by atoms with Gasteiger partial charge in [0.1, 0.15) is 0 Å². The van der Waals surface area contributed by atoms with Crippen LogP contribution in [0.1, 0.15) is 53.4 Å². The van der Waals surface area contributed by atoms with Crippen molar-refractivity contribution in [2.75, 3.05) is 13.1 Å². The molecule has 0 aliphatic rings. The van der Waals surface area contributed by atoms with Gasteiger partial charge in [-0.15, -0.1) is 0 Å². The zero-order valence-corrected chi connectivity index (χ0v) is 9.90. The van der Waals surface area contributed by atoms with Crippen LogP contribution in [-0.4, -0.2) is 19.1 Å². The largest absolute Gasteiger partial charge is 0.330 e. The summed E-state index contributed by atoms with van der Waals surface area (Å²) >= 11 is 0. The van der Waals surface area contributed by atoms with Crippen LogP contribution < -0.4 is 11.1 Å². The third kappa shape index (κ3) is 11.9. The predicted octanol–water partition coefficient (Wildman–Crippen LogP) is 2.53. The Morgan fingerprint density at radius 2 is 1.85 bits per heavy atom. The molecule has 0 saturated heterocycles. The standard InChI is InChI=1S/C9H22N2.C2H6/c1-3-6-9(4-2)11-8-5-7-10;1-2/h9,11H,3-8,10H2,1-2H3;1-2H3. The molecule has 0 aliphatic carbocycles. The number of nitrogens with one attached hydrogen (secondary N) is 1. The van der Waals surface area contributed by atoms with Crippen molar-refractivity contribution in [3.63, 3.8) is 0 Å². The Bertz CT molecular complexity index is 74.5. The maximum Gasteiger partial charge on any atom is 0.00643 e. The molecule has 0 spiro atoms. The highest BCUT2D eigenvalue weighted by Crippen LogP contribution is 1.99. The number of hydrogen-bond donors (Lipinski definition) is 2. The maximum atomic E-state index is 5.39. The summed E-state index contributed by atoms with van der Waals surface area (Å²) < 4.78 is 0. The van der Waals surface area contributed by atoms with E-state index in [9.17, 15) is 0 Å². The van der Waals surface area contributed by atoms with E-state index < -0.39 is 0 Å². The first-order valence-corrected chi connectivity index (χ1v) is 5.78. The molecule has 1 unspecified atom stereocenters. The Kier molecular flexibility index (Phi) is 17.1. The van der Waals surface area contributed by atoms with Gasteiger partial charge in [0.25, 0.3) is 0 Å². The van der Waals surface area contributed by atoms with Gasteiger partial charge in [-0.3, -0.25) is 0 Å². The van der Waals surface area contributed by atoms with E-state index in [1.165, 1.54) is 19.3 Å². The van der Waals surface area contributed by atoms with Crippen LogP contribution in [0.5, 0.6) is 0 Å². The highest BCUT2D eigenvalue weighted by Gasteiger charge is 2.01.